The van der Waals surface area contributed by atoms with Gasteiger partial charge in [-0.05, 0) is 97.8 Å². The highest BCUT2D eigenvalue weighted by atomic mass is 32.3. The molecule has 0 saturated carbocycles. The van der Waals surface area contributed by atoms with Crippen LogP contribution in [-0.2, 0) is 41.2 Å². The molecule has 0 aliphatic carbocycles. The zero-order chi connectivity index (χ0) is 45.0. The molecule has 0 bridgehead atoms. The number of phenolic OH excluding ortho intramolecular Hbond substituents is 1. The Hall–Kier alpha value is -6.61. The number of aryl methyl sites for hydroxylation is 2. The van der Waals surface area contributed by atoms with Crippen molar-refractivity contribution in [3.63, 3.8) is 0 Å². The molecular weight excluding hydrogens is 876 g/mol. The molecule has 0 atom stereocenters. The molecule has 6 aromatic rings. The zero-order valence-corrected chi connectivity index (χ0v) is 34.8. The van der Waals surface area contributed by atoms with Crippen LogP contribution in [0.3, 0.4) is 0 Å². The Morgan fingerprint density at radius 1 is 0.806 bits per heavy atom. The highest BCUT2D eigenvalue weighted by Crippen LogP contribution is 2.46. The summed E-state index contributed by atoms with van der Waals surface area (Å²) in [6, 6.07) is 20.7. The normalized spacial score (nSPS) is 12.4. The van der Waals surface area contributed by atoms with Crippen molar-refractivity contribution in [3.8, 4) is 5.75 Å². The predicted molar refractivity (Wildman–Crippen MR) is 224 cm³/mol. The first-order chi connectivity index (χ1) is 29.2. The van der Waals surface area contributed by atoms with E-state index in [0.29, 0.717) is 17.8 Å². The topological polar surface area (TPSA) is 322 Å². The van der Waals surface area contributed by atoms with Crippen molar-refractivity contribution >= 4 is 93.1 Å². The number of nitrogens with zero attached hydrogens (tertiary/aromatic N) is 8. The summed E-state index contributed by atoms with van der Waals surface area (Å²) in [5.74, 6) is -0.952. The summed E-state index contributed by atoms with van der Waals surface area (Å²) in [7, 11) is -14.6. The van der Waals surface area contributed by atoms with Gasteiger partial charge in [-0.15, -0.1) is 15.3 Å². The molecule has 0 aliphatic rings. The van der Waals surface area contributed by atoms with E-state index in [1.165, 1.54) is 42.5 Å². The Kier molecular flexibility index (Phi) is 13.2. The maximum atomic E-state index is 14.7. The van der Waals surface area contributed by atoms with Crippen LogP contribution in [0.5, 0.6) is 5.75 Å². The van der Waals surface area contributed by atoms with Gasteiger partial charge >= 0.3 is 16.5 Å². The molecule has 1 aromatic heterocycles. The van der Waals surface area contributed by atoms with Crippen molar-refractivity contribution in [1.29, 1.82) is 0 Å². The molecule has 0 aliphatic heterocycles. The van der Waals surface area contributed by atoms with Crippen molar-refractivity contribution in [2.45, 2.75) is 36.5 Å². The second-order valence-corrected chi connectivity index (χ2v) is 17.0. The number of fused-ring (bicyclic) bond motifs is 1. The van der Waals surface area contributed by atoms with Crippen molar-refractivity contribution < 1.29 is 52.6 Å². The Morgan fingerprint density at radius 3 is 2.21 bits per heavy atom. The van der Waals surface area contributed by atoms with E-state index < -0.39 is 64.5 Å². The van der Waals surface area contributed by atoms with Crippen molar-refractivity contribution in [2.24, 2.45) is 20.5 Å². The third-order valence-corrected chi connectivity index (χ3v) is 11.0. The summed E-state index contributed by atoms with van der Waals surface area (Å²) < 4.78 is 119. The van der Waals surface area contributed by atoms with E-state index in [1.807, 2.05) is 38.1 Å². The first-order valence-corrected chi connectivity index (χ1v) is 22.2. The minimum Gasteiger partial charge on any atom is -0.505 e. The number of aromatic nitrogens is 3. The summed E-state index contributed by atoms with van der Waals surface area (Å²) in [4.78, 5) is 12.2. The highest BCUT2D eigenvalue weighted by molar-refractivity contribution is 7.86. The number of nitrogen functional groups attached to an aromatic ring is 1. The number of azo groups is 2. The van der Waals surface area contributed by atoms with E-state index in [2.05, 4.69) is 44.9 Å². The maximum absolute atomic E-state index is 14.7. The van der Waals surface area contributed by atoms with E-state index in [9.17, 15) is 43.9 Å². The smallest absolute Gasteiger partial charge is 0.397 e. The quantitative estimate of drug-likeness (QED) is 0.0234. The Balaban J connectivity index is 1.30. The molecule has 21 nitrogen and oxygen atoms in total. The van der Waals surface area contributed by atoms with Crippen LogP contribution in [0.15, 0.2) is 115 Å². The van der Waals surface area contributed by atoms with Gasteiger partial charge in [-0.25, -0.2) is 4.18 Å². The number of nitrogens with one attached hydrogen (secondary N) is 1. The lowest BCUT2D eigenvalue weighted by molar-refractivity contribution is 0.265. The van der Waals surface area contributed by atoms with Gasteiger partial charge in [0.25, 0.3) is 20.2 Å². The number of aromatic hydroxyl groups is 1. The largest absolute Gasteiger partial charge is 0.505 e. The summed E-state index contributed by atoms with van der Waals surface area (Å²) in [5, 5.41) is 30.0. The maximum Gasteiger partial charge on any atom is 0.397 e. The third kappa shape index (κ3) is 11.0. The molecule has 0 unspecified atom stereocenters. The van der Waals surface area contributed by atoms with Gasteiger partial charge in [0.05, 0.1) is 23.4 Å². The lowest BCUT2D eigenvalue weighted by Gasteiger charge is -2.21. The van der Waals surface area contributed by atoms with Crippen LogP contribution in [-0.4, -0.2) is 72.1 Å². The van der Waals surface area contributed by atoms with Crippen LogP contribution < -0.4 is 16.0 Å². The molecule has 0 spiro atoms. The van der Waals surface area contributed by atoms with Crippen LogP contribution in [0, 0.1) is 13.0 Å². The molecule has 6 rings (SSSR count). The Bertz CT molecular complexity index is 3100. The van der Waals surface area contributed by atoms with Crippen LogP contribution in [0.4, 0.5) is 56.1 Å². The molecule has 1 heterocycles. The number of halogens is 1. The van der Waals surface area contributed by atoms with Gasteiger partial charge in [0, 0.05) is 17.9 Å². The molecule has 324 valence electrons. The van der Waals surface area contributed by atoms with Crippen LogP contribution in [0.2, 0.25) is 0 Å². The third-order valence-electron chi connectivity index (χ3n) is 8.76. The van der Waals surface area contributed by atoms with E-state index in [1.54, 1.807) is 11.0 Å². The van der Waals surface area contributed by atoms with Crippen molar-refractivity contribution in [1.82, 2.24) is 15.0 Å². The monoisotopic (exact) mass is 910 g/mol. The first-order valence-electron chi connectivity index (χ1n) is 17.9. The minimum atomic E-state index is -5.04. The molecular formula is C37H35FN10O11S3. The van der Waals surface area contributed by atoms with Gasteiger partial charge in [-0.3, -0.25) is 13.7 Å². The number of phenols is 1. The molecule has 0 amide bonds. The fraction of sp³-hybridized carbons (Fsp3) is 0.162. The van der Waals surface area contributed by atoms with Crippen LogP contribution in [0.25, 0.3) is 10.8 Å². The minimum absolute atomic E-state index is 0.00525. The van der Waals surface area contributed by atoms with Crippen LogP contribution in [0.1, 0.15) is 24.5 Å². The molecule has 7 N–H and O–H groups in total. The summed E-state index contributed by atoms with van der Waals surface area (Å²) >= 11 is 0. The zero-order valence-electron chi connectivity index (χ0n) is 32.3. The summed E-state index contributed by atoms with van der Waals surface area (Å²) in [5.41, 5.74) is 7.28. The first kappa shape index (κ1) is 44.9. The number of rotatable bonds is 16. The molecule has 25 heteroatoms. The van der Waals surface area contributed by atoms with Crippen molar-refractivity contribution in [3.05, 3.63) is 102 Å². The number of nitrogens with two attached hydrogens (primary N) is 1. The second kappa shape index (κ2) is 18.2. The fourth-order valence-corrected chi connectivity index (χ4v) is 7.68. The average Bonchev–Trinajstić information content (AvgIpc) is 3.18. The van der Waals surface area contributed by atoms with Gasteiger partial charge < -0.3 is 21.1 Å². The van der Waals surface area contributed by atoms with Gasteiger partial charge in [-0.2, -0.15) is 49.7 Å². The Morgan fingerprint density at radius 2 is 1.52 bits per heavy atom. The predicted octanol–water partition coefficient (Wildman–Crippen LogP) is 7.74. The molecule has 0 radical (unpaired) electrons. The van der Waals surface area contributed by atoms with E-state index >= 15 is 0 Å². The molecule has 62 heavy (non-hydrogen) atoms. The van der Waals surface area contributed by atoms with Gasteiger partial charge in [-0.1, -0.05) is 30.3 Å². The summed E-state index contributed by atoms with van der Waals surface area (Å²) in [6.07, 6.45) is -0.923. The van der Waals surface area contributed by atoms with Gasteiger partial charge in [0.15, 0.2) is 5.75 Å². The van der Waals surface area contributed by atoms with Crippen LogP contribution >= 0.6 is 0 Å². The lowest BCUT2D eigenvalue weighted by Crippen LogP contribution is -2.20. The van der Waals surface area contributed by atoms with Gasteiger partial charge in [0.1, 0.15) is 26.9 Å². The van der Waals surface area contributed by atoms with E-state index in [0.717, 1.165) is 23.4 Å². The Labute approximate surface area is 353 Å². The van der Waals surface area contributed by atoms with Crippen molar-refractivity contribution in [2.75, 3.05) is 29.1 Å². The molecule has 0 fully saturated rings. The second-order valence-electron chi connectivity index (χ2n) is 13.2. The highest BCUT2D eigenvalue weighted by Gasteiger charge is 2.25. The lowest BCUT2D eigenvalue weighted by atomic mass is 10.1. The number of hydrogen-bond acceptors (Lipinski definition) is 18. The number of benzene rings is 5. The molecule has 5 aromatic carbocycles. The fourth-order valence-electron chi connectivity index (χ4n) is 6.02. The average molecular weight is 911 g/mol. The standard InChI is InChI=1S/C37H35FN10O11S3/c1-3-48(26-11-4-7-21(2)17-26)37-42-35(38)41-36(43-37)40-24-9-5-10-25(20-24)44-47-33-30(61(53,54)55)19-23-13-15-28(32(39)31(23)34(33)49)46-45-27-14-12-22(18-29(27)60(50,51)52)8-6-16-59-62(56,57)58/h4-5,7,9-15,17-20,49H,3,6,8,16,39H2,1-2H3,(H,50,51,52)(H,53,54,55)(H,56,57,58)(H,40,41,42,43)/b46-45+,47-44+. The van der Waals surface area contributed by atoms with Gasteiger partial charge in [0.2, 0.25) is 11.9 Å². The van der Waals surface area contributed by atoms with E-state index in [4.69, 9.17) is 10.3 Å². The SMILES string of the molecule is CCN(c1cccc(C)c1)c1nc(F)nc(Nc2cccc(/N=N/c3c(S(=O)(=O)O)cc4ccc(/N=N/c5ccc(CCCOS(=O)(=O)O)cc5S(=O)(=O)O)c(N)c4c3O)c2)n1. The number of anilines is 5. The summed E-state index contributed by atoms with van der Waals surface area (Å²) in [6.45, 7) is 3.76. The van der Waals surface area contributed by atoms with E-state index in [-0.39, 0.29) is 58.3 Å². The number of hydrogen-bond donors (Lipinski definition) is 6. The molecule has 0 saturated heterocycles.